The molecule has 29 heavy (non-hydrogen) atoms. The van der Waals surface area contributed by atoms with Crippen molar-refractivity contribution in [3.05, 3.63) is 29.0 Å². The number of carbonyl (C=O) groups excluding carboxylic acids is 2. The van der Waals surface area contributed by atoms with E-state index in [2.05, 4.69) is 15.5 Å². The van der Waals surface area contributed by atoms with Gasteiger partial charge in [-0.3, -0.25) is 19.3 Å². The summed E-state index contributed by atoms with van der Waals surface area (Å²) in [5.41, 5.74) is 0.454. The molecule has 2 N–H and O–H groups in total. The summed E-state index contributed by atoms with van der Waals surface area (Å²) < 4.78 is 7.44. The molecule has 2 rings (SSSR count). The van der Waals surface area contributed by atoms with Gasteiger partial charge in [0.2, 0.25) is 11.8 Å². The van der Waals surface area contributed by atoms with Gasteiger partial charge in [0.15, 0.2) is 10.6 Å². The van der Waals surface area contributed by atoms with Gasteiger partial charge >= 0.3 is 0 Å². The van der Waals surface area contributed by atoms with Crippen molar-refractivity contribution in [1.29, 1.82) is 0 Å². The van der Waals surface area contributed by atoms with Crippen LogP contribution in [0.2, 0.25) is 0 Å². The van der Waals surface area contributed by atoms with Crippen LogP contribution < -0.4 is 10.1 Å². The predicted octanol–water partition coefficient (Wildman–Crippen LogP) is 2.77. The first-order valence-corrected chi connectivity index (χ1v) is 10.0. The molecule has 1 aromatic carbocycles. The molecule has 1 heterocycles. The van der Waals surface area contributed by atoms with Crippen LogP contribution in [-0.2, 0) is 16.1 Å². The van der Waals surface area contributed by atoms with Crippen molar-refractivity contribution in [2.24, 2.45) is 0 Å². The summed E-state index contributed by atoms with van der Waals surface area (Å²) in [7, 11) is 0. The number of rotatable bonds is 8. The lowest BCUT2D eigenvalue weighted by molar-refractivity contribution is -0.136. The Morgan fingerprint density at radius 2 is 1.90 bits per heavy atom. The molecule has 0 radical (unpaired) electrons. The third-order valence-electron chi connectivity index (χ3n) is 4.06. The van der Waals surface area contributed by atoms with Crippen molar-refractivity contribution < 1.29 is 14.3 Å². The summed E-state index contributed by atoms with van der Waals surface area (Å²) in [6.45, 7) is 10.5. The van der Waals surface area contributed by atoms with Crippen molar-refractivity contribution >= 4 is 24.0 Å². The molecule has 0 unspecified atom stereocenters. The molecule has 0 aliphatic heterocycles. The molecule has 0 spiro atoms. The molecule has 0 aliphatic carbocycles. The van der Waals surface area contributed by atoms with Crippen LogP contribution in [0.1, 0.15) is 34.6 Å². The maximum Gasteiger partial charge on any atom is 0.243 e. The average Bonchev–Trinajstić information content (AvgIpc) is 2.99. The summed E-state index contributed by atoms with van der Waals surface area (Å²) in [6.07, 6.45) is 0. The Morgan fingerprint density at radius 3 is 2.45 bits per heavy atom. The van der Waals surface area contributed by atoms with Gasteiger partial charge in [0.25, 0.3) is 0 Å². The van der Waals surface area contributed by atoms with Gasteiger partial charge in [0.05, 0.1) is 13.2 Å². The highest BCUT2D eigenvalue weighted by molar-refractivity contribution is 7.71. The van der Waals surface area contributed by atoms with Gasteiger partial charge in [-0.2, -0.15) is 5.10 Å². The normalized spacial score (nSPS) is 11.2. The molecule has 1 aromatic heterocycles. The van der Waals surface area contributed by atoms with E-state index in [1.54, 1.807) is 4.57 Å². The zero-order chi connectivity index (χ0) is 21.6. The Balaban J connectivity index is 2.16. The number of aromatic amines is 1. The minimum absolute atomic E-state index is 0.00381. The first-order valence-electron chi connectivity index (χ1n) is 9.61. The number of amides is 2. The second kappa shape index (κ2) is 9.69. The van der Waals surface area contributed by atoms with Crippen LogP contribution in [-0.4, -0.2) is 56.7 Å². The van der Waals surface area contributed by atoms with Crippen LogP contribution in [0.25, 0.3) is 11.4 Å². The second-order valence-corrected chi connectivity index (χ2v) is 7.99. The number of aromatic nitrogens is 3. The summed E-state index contributed by atoms with van der Waals surface area (Å²) in [6, 6.07) is 7.42. The van der Waals surface area contributed by atoms with E-state index in [0.29, 0.717) is 23.7 Å². The van der Waals surface area contributed by atoms with Crippen molar-refractivity contribution in [3.8, 4) is 17.1 Å². The van der Waals surface area contributed by atoms with E-state index in [0.717, 1.165) is 11.3 Å². The Morgan fingerprint density at radius 1 is 1.24 bits per heavy atom. The van der Waals surface area contributed by atoms with Crippen LogP contribution in [0.4, 0.5) is 0 Å². The summed E-state index contributed by atoms with van der Waals surface area (Å²) in [4.78, 5) is 26.5. The van der Waals surface area contributed by atoms with Crippen molar-refractivity contribution in [2.45, 2.75) is 46.7 Å². The van der Waals surface area contributed by atoms with Gasteiger partial charge in [0, 0.05) is 17.6 Å². The van der Waals surface area contributed by atoms with Gasteiger partial charge in [-0.15, -0.1) is 0 Å². The summed E-state index contributed by atoms with van der Waals surface area (Å²) in [5.74, 6) is 0.910. The quantitative estimate of drug-likeness (QED) is 0.642. The van der Waals surface area contributed by atoms with E-state index in [-0.39, 0.29) is 30.4 Å². The molecule has 0 saturated carbocycles. The topological polar surface area (TPSA) is 92.2 Å². The van der Waals surface area contributed by atoms with Crippen LogP contribution in [0, 0.1) is 4.77 Å². The summed E-state index contributed by atoms with van der Waals surface area (Å²) >= 11 is 5.31. The zero-order valence-electron chi connectivity index (χ0n) is 17.6. The van der Waals surface area contributed by atoms with Crippen molar-refractivity contribution in [3.63, 3.8) is 0 Å². The molecule has 0 aliphatic rings. The third-order valence-corrected chi connectivity index (χ3v) is 4.37. The number of hydrogen-bond donors (Lipinski definition) is 2. The zero-order valence-corrected chi connectivity index (χ0v) is 18.4. The first kappa shape index (κ1) is 22.6. The van der Waals surface area contributed by atoms with Crippen molar-refractivity contribution in [1.82, 2.24) is 25.0 Å². The Hall–Kier alpha value is -2.68. The number of nitrogens with one attached hydrogen (secondary N) is 2. The monoisotopic (exact) mass is 419 g/mol. The predicted molar refractivity (Wildman–Crippen MR) is 114 cm³/mol. The average molecular weight is 420 g/mol. The van der Waals surface area contributed by atoms with Crippen LogP contribution >= 0.6 is 12.2 Å². The Bertz CT molecular complexity index is 896. The molecular weight excluding hydrogens is 390 g/mol. The molecule has 0 saturated heterocycles. The van der Waals surface area contributed by atoms with Crippen LogP contribution in [0.15, 0.2) is 24.3 Å². The number of H-pyrrole nitrogens is 1. The fraction of sp³-hybridized carbons (Fsp3) is 0.500. The molecule has 9 heteroatoms. The van der Waals surface area contributed by atoms with E-state index < -0.39 is 0 Å². The van der Waals surface area contributed by atoms with E-state index >= 15 is 0 Å². The number of carbonyl (C=O) groups is 2. The minimum Gasteiger partial charge on any atom is -0.494 e. The lowest BCUT2D eigenvalue weighted by atomic mass is 10.1. The molecule has 158 valence electrons. The van der Waals surface area contributed by atoms with Crippen LogP contribution in [0.3, 0.4) is 0 Å². The maximum atomic E-state index is 12.8. The van der Waals surface area contributed by atoms with E-state index in [4.69, 9.17) is 17.0 Å². The lowest BCUT2D eigenvalue weighted by Crippen LogP contribution is -2.47. The molecule has 2 aromatic rings. The second-order valence-electron chi connectivity index (χ2n) is 7.60. The largest absolute Gasteiger partial charge is 0.494 e. The first-order chi connectivity index (χ1) is 13.6. The van der Waals surface area contributed by atoms with E-state index in [1.165, 1.54) is 4.90 Å². The molecule has 0 bridgehead atoms. The molecule has 8 nitrogen and oxygen atoms in total. The van der Waals surface area contributed by atoms with Crippen molar-refractivity contribution in [2.75, 3.05) is 19.7 Å². The van der Waals surface area contributed by atoms with Gasteiger partial charge in [0.1, 0.15) is 12.3 Å². The molecular formula is C20H29N5O3S. The Kier molecular flexibility index (Phi) is 7.55. The van der Waals surface area contributed by atoms with Gasteiger partial charge in [-0.05, 0) is 71.1 Å². The number of hydrogen-bond acceptors (Lipinski definition) is 5. The number of ether oxygens (including phenoxy) is 1. The van der Waals surface area contributed by atoms with E-state index in [1.807, 2.05) is 58.9 Å². The number of nitrogens with zero attached hydrogens (tertiary/aromatic N) is 3. The van der Waals surface area contributed by atoms with Gasteiger partial charge < -0.3 is 15.0 Å². The highest BCUT2D eigenvalue weighted by Gasteiger charge is 2.21. The van der Waals surface area contributed by atoms with Crippen LogP contribution in [0.5, 0.6) is 5.75 Å². The highest BCUT2D eigenvalue weighted by atomic mass is 32.1. The van der Waals surface area contributed by atoms with Gasteiger partial charge in [-0.1, -0.05) is 0 Å². The molecule has 0 fully saturated rings. The fourth-order valence-electron chi connectivity index (χ4n) is 2.79. The Labute approximate surface area is 176 Å². The maximum absolute atomic E-state index is 12.8. The van der Waals surface area contributed by atoms with E-state index in [9.17, 15) is 9.59 Å². The smallest absolute Gasteiger partial charge is 0.243 e. The summed E-state index contributed by atoms with van der Waals surface area (Å²) in [5, 5.41) is 9.88. The SMILES string of the molecule is CCOc1ccc(-c2n[nH]c(=S)n2CC(=O)N(CC)CC(=O)NC(C)(C)C)cc1. The number of likely N-dealkylation sites (N-methyl/N-ethyl adjacent to an activating group) is 1. The van der Waals surface area contributed by atoms with Gasteiger partial charge in [-0.25, -0.2) is 0 Å². The molecule has 2 amide bonds. The minimum atomic E-state index is -0.354. The standard InChI is InChI=1S/C20H29N5O3S/c1-6-24(12-16(26)21-20(3,4)5)17(27)13-25-18(22-23-19(25)29)14-8-10-15(11-9-14)28-7-2/h8-11H,6-7,12-13H2,1-5H3,(H,21,26)(H,23,29). The highest BCUT2D eigenvalue weighted by Crippen LogP contribution is 2.21. The lowest BCUT2D eigenvalue weighted by Gasteiger charge is -2.25. The third kappa shape index (κ3) is 6.42. The fourth-order valence-corrected chi connectivity index (χ4v) is 2.99. The number of benzene rings is 1. The molecule has 0 atom stereocenters.